The Kier molecular flexibility index (Phi) is 4.74. The first-order valence-electron chi connectivity index (χ1n) is 6.86. The van der Waals surface area contributed by atoms with Crippen LogP contribution in [0.15, 0.2) is 24.3 Å². The Morgan fingerprint density at radius 2 is 2.15 bits per heavy atom. The maximum atomic E-state index is 12.0. The summed E-state index contributed by atoms with van der Waals surface area (Å²) in [5.74, 6) is -0.754. The highest BCUT2D eigenvalue weighted by Crippen LogP contribution is 2.14. The van der Waals surface area contributed by atoms with Gasteiger partial charge >= 0.3 is 5.97 Å². The van der Waals surface area contributed by atoms with Crippen LogP contribution < -0.4 is 5.32 Å². The van der Waals surface area contributed by atoms with E-state index in [1.54, 1.807) is 12.1 Å². The van der Waals surface area contributed by atoms with E-state index in [2.05, 4.69) is 17.3 Å². The molecule has 1 aliphatic heterocycles. The lowest BCUT2D eigenvalue weighted by Crippen LogP contribution is -2.39. The maximum absolute atomic E-state index is 12.0. The predicted molar refractivity (Wildman–Crippen MR) is 76.0 cm³/mol. The third-order valence-electron chi connectivity index (χ3n) is 3.65. The molecule has 1 aliphatic rings. The van der Waals surface area contributed by atoms with Crippen LogP contribution in [-0.4, -0.2) is 48.6 Å². The molecule has 0 saturated carbocycles. The maximum Gasteiger partial charge on any atom is 0.335 e. The second-order valence-corrected chi connectivity index (χ2v) is 5.37. The van der Waals surface area contributed by atoms with Gasteiger partial charge in [-0.05, 0) is 50.6 Å². The molecule has 5 nitrogen and oxygen atoms in total. The summed E-state index contributed by atoms with van der Waals surface area (Å²) in [6, 6.07) is 6.11. The summed E-state index contributed by atoms with van der Waals surface area (Å²) in [5.41, 5.74) is 0.532. The Morgan fingerprint density at radius 1 is 1.40 bits per heavy atom. The van der Waals surface area contributed by atoms with Crippen molar-refractivity contribution < 1.29 is 14.7 Å². The van der Waals surface area contributed by atoms with Gasteiger partial charge < -0.3 is 15.3 Å². The molecule has 0 radical (unpaired) electrons. The lowest BCUT2D eigenvalue weighted by molar-refractivity contribution is 0.0697. The minimum atomic E-state index is -1.02. The average Bonchev–Trinajstić information content (AvgIpc) is 2.45. The number of carbonyl (C=O) groups is 2. The first kappa shape index (κ1) is 14.5. The van der Waals surface area contributed by atoms with Crippen molar-refractivity contribution in [3.8, 4) is 0 Å². The van der Waals surface area contributed by atoms with E-state index in [-0.39, 0.29) is 11.5 Å². The van der Waals surface area contributed by atoms with Crippen molar-refractivity contribution in [3.05, 3.63) is 35.4 Å². The van der Waals surface area contributed by atoms with E-state index in [0.717, 1.165) is 25.9 Å². The average molecular weight is 276 g/mol. The van der Waals surface area contributed by atoms with Gasteiger partial charge in [-0.2, -0.15) is 0 Å². The molecule has 1 heterocycles. The molecule has 108 valence electrons. The third-order valence-corrected chi connectivity index (χ3v) is 3.65. The Hall–Kier alpha value is -1.88. The summed E-state index contributed by atoms with van der Waals surface area (Å²) in [6.07, 6.45) is 2.28. The molecule has 1 aromatic rings. The highest BCUT2D eigenvalue weighted by Gasteiger charge is 2.18. The van der Waals surface area contributed by atoms with Gasteiger partial charge in [0.15, 0.2) is 0 Å². The third kappa shape index (κ3) is 3.81. The van der Waals surface area contributed by atoms with Crippen LogP contribution in [0.25, 0.3) is 0 Å². The van der Waals surface area contributed by atoms with E-state index < -0.39 is 5.97 Å². The molecule has 1 atom stereocenters. The number of benzene rings is 1. The Balaban J connectivity index is 1.91. The van der Waals surface area contributed by atoms with Gasteiger partial charge in [-0.3, -0.25) is 4.79 Å². The van der Waals surface area contributed by atoms with E-state index in [1.165, 1.54) is 12.1 Å². The van der Waals surface area contributed by atoms with Crippen LogP contribution in [0.1, 0.15) is 33.6 Å². The number of carboxylic acid groups (broad SMARTS) is 1. The molecule has 2 N–H and O–H groups in total. The zero-order valence-electron chi connectivity index (χ0n) is 11.6. The van der Waals surface area contributed by atoms with Gasteiger partial charge in [0.05, 0.1) is 5.56 Å². The van der Waals surface area contributed by atoms with E-state index in [1.807, 2.05) is 0 Å². The summed E-state index contributed by atoms with van der Waals surface area (Å²) in [7, 11) is 2.09. The fourth-order valence-electron chi connectivity index (χ4n) is 2.57. The normalized spacial score (nSPS) is 19.6. The van der Waals surface area contributed by atoms with Crippen LogP contribution >= 0.6 is 0 Å². The number of carboxylic acids is 1. The molecule has 1 fully saturated rings. The monoisotopic (exact) mass is 276 g/mol. The molecule has 20 heavy (non-hydrogen) atoms. The van der Waals surface area contributed by atoms with Crippen molar-refractivity contribution >= 4 is 11.9 Å². The van der Waals surface area contributed by atoms with Crippen LogP contribution in [0.4, 0.5) is 0 Å². The number of likely N-dealkylation sites (tertiary alicyclic amines) is 1. The Morgan fingerprint density at radius 3 is 2.85 bits per heavy atom. The van der Waals surface area contributed by atoms with Crippen LogP contribution in [0.3, 0.4) is 0 Å². The number of nitrogens with one attached hydrogen (secondary N) is 1. The summed E-state index contributed by atoms with van der Waals surface area (Å²) >= 11 is 0. The molecule has 5 heteroatoms. The number of hydrogen-bond donors (Lipinski definition) is 2. The van der Waals surface area contributed by atoms with Crippen molar-refractivity contribution in [2.45, 2.75) is 12.8 Å². The fourth-order valence-corrected chi connectivity index (χ4v) is 2.57. The second-order valence-electron chi connectivity index (χ2n) is 5.37. The highest BCUT2D eigenvalue weighted by atomic mass is 16.4. The van der Waals surface area contributed by atoms with Gasteiger partial charge in [0.1, 0.15) is 0 Å². The number of aromatic carboxylic acids is 1. The van der Waals surface area contributed by atoms with Crippen LogP contribution in [0.5, 0.6) is 0 Å². The first-order chi connectivity index (χ1) is 9.56. The van der Waals surface area contributed by atoms with Crippen LogP contribution in [0.2, 0.25) is 0 Å². The molecule has 1 amide bonds. The molecule has 0 aliphatic carbocycles. The predicted octanol–water partition coefficient (Wildman–Crippen LogP) is 1.46. The van der Waals surface area contributed by atoms with Gasteiger partial charge in [-0.25, -0.2) is 4.79 Å². The largest absolute Gasteiger partial charge is 0.478 e. The summed E-state index contributed by atoms with van der Waals surface area (Å²) in [4.78, 5) is 25.2. The molecular weight excluding hydrogens is 256 g/mol. The fraction of sp³-hybridized carbons (Fsp3) is 0.467. The number of piperidine rings is 1. The number of nitrogens with zero attached hydrogens (tertiary/aromatic N) is 1. The SMILES string of the molecule is CN1CCCC(CNC(=O)c2cccc(C(=O)O)c2)C1. The summed E-state index contributed by atoms with van der Waals surface area (Å²) < 4.78 is 0. The second kappa shape index (κ2) is 6.52. The minimum Gasteiger partial charge on any atom is -0.478 e. The van der Waals surface area contributed by atoms with Gasteiger partial charge in [0, 0.05) is 18.7 Å². The topological polar surface area (TPSA) is 69.6 Å². The van der Waals surface area contributed by atoms with Gasteiger partial charge in [0.25, 0.3) is 5.91 Å². The number of amides is 1. The smallest absolute Gasteiger partial charge is 0.335 e. The van der Waals surface area contributed by atoms with E-state index in [0.29, 0.717) is 18.0 Å². The molecule has 0 spiro atoms. The van der Waals surface area contributed by atoms with Gasteiger partial charge in [-0.15, -0.1) is 0 Å². The van der Waals surface area contributed by atoms with Crippen LogP contribution in [-0.2, 0) is 0 Å². The first-order valence-corrected chi connectivity index (χ1v) is 6.86. The van der Waals surface area contributed by atoms with Crippen molar-refractivity contribution in [3.63, 3.8) is 0 Å². The number of carbonyl (C=O) groups excluding carboxylic acids is 1. The van der Waals surface area contributed by atoms with Crippen LogP contribution in [0, 0.1) is 5.92 Å². The Labute approximate surface area is 118 Å². The highest BCUT2D eigenvalue weighted by molar-refractivity contribution is 5.97. The minimum absolute atomic E-state index is 0.134. The van der Waals surface area contributed by atoms with Gasteiger partial charge in [-0.1, -0.05) is 6.07 Å². The number of rotatable bonds is 4. The van der Waals surface area contributed by atoms with Gasteiger partial charge in [0.2, 0.25) is 0 Å². The lowest BCUT2D eigenvalue weighted by Gasteiger charge is -2.29. The quantitative estimate of drug-likeness (QED) is 0.873. The molecule has 0 bridgehead atoms. The molecule has 1 saturated heterocycles. The molecule has 2 rings (SSSR count). The Bertz CT molecular complexity index is 502. The molecule has 1 aromatic carbocycles. The van der Waals surface area contributed by atoms with Crippen molar-refractivity contribution in [1.29, 1.82) is 0 Å². The summed E-state index contributed by atoms with van der Waals surface area (Å²) in [5, 5.41) is 11.8. The zero-order valence-corrected chi connectivity index (χ0v) is 11.6. The van der Waals surface area contributed by atoms with Crippen molar-refractivity contribution in [2.75, 3.05) is 26.7 Å². The summed E-state index contributed by atoms with van der Waals surface area (Å²) in [6.45, 7) is 2.75. The van der Waals surface area contributed by atoms with E-state index in [4.69, 9.17) is 5.11 Å². The van der Waals surface area contributed by atoms with Crippen molar-refractivity contribution in [1.82, 2.24) is 10.2 Å². The standard InChI is InChI=1S/C15H20N2O3/c1-17-7-3-4-11(10-17)9-16-14(18)12-5-2-6-13(8-12)15(19)20/h2,5-6,8,11H,3-4,7,9-10H2,1H3,(H,16,18)(H,19,20). The molecule has 1 unspecified atom stereocenters. The van der Waals surface area contributed by atoms with Crippen molar-refractivity contribution in [2.24, 2.45) is 5.92 Å². The molecule has 0 aromatic heterocycles. The number of hydrogen-bond acceptors (Lipinski definition) is 3. The molecular formula is C15H20N2O3. The zero-order chi connectivity index (χ0) is 14.5. The van der Waals surface area contributed by atoms with E-state index in [9.17, 15) is 9.59 Å². The van der Waals surface area contributed by atoms with E-state index >= 15 is 0 Å². The lowest BCUT2D eigenvalue weighted by atomic mass is 9.98.